The molecule has 6 heteroatoms. The van der Waals surface area contributed by atoms with Gasteiger partial charge in [-0.2, -0.15) is 0 Å². The van der Waals surface area contributed by atoms with Crippen LogP contribution in [0.1, 0.15) is 11.1 Å². The van der Waals surface area contributed by atoms with Crippen LogP contribution in [0.25, 0.3) is 10.8 Å². The van der Waals surface area contributed by atoms with Crippen LogP contribution in [-0.2, 0) is 27.4 Å². The zero-order chi connectivity index (χ0) is 17.2. The molecule has 0 bridgehead atoms. The fourth-order valence-electron chi connectivity index (χ4n) is 2.66. The predicted octanol–water partition coefficient (Wildman–Crippen LogP) is 0.133. The van der Waals surface area contributed by atoms with Gasteiger partial charge in [0.25, 0.3) is 0 Å². The van der Waals surface area contributed by atoms with Crippen molar-refractivity contribution in [2.45, 2.75) is 13.2 Å². The van der Waals surface area contributed by atoms with Gasteiger partial charge in [0.15, 0.2) is 0 Å². The molecule has 0 saturated carbocycles. The van der Waals surface area contributed by atoms with Gasteiger partial charge in [0.2, 0.25) is 0 Å². The van der Waals surface area contributed by atoms with E-state index < -0.39 is 0 Å². The molecule has 0 amide bonds. The van der Waals surface area contributed by atoms with Crippen LogP contribution in [0.5, 0.6) is 0 Å². The summed E-state index contributed by atoms with van der Waals surface area (Å²) in [4.78, 5) is 0. The summed E-state index contributed by atoms with van der Waals surface area (Å²) in [6.45, 7) is 2.63. The van der Waals surface area contributed by atoms with Gasteiger partial charge in [0, 0.05) is 0 Å². The summed E-state index contributed by atoms with van der Waals surface area (Å²) in [5, 5.41) is 19.9. The molecule has 0 saturated heterocycles. The molecule has 0 fully saturated rings. The zero-order valence-electron chi connectivity index (χ0n) is 14.2. The van der Waals surface area contributed by atoms with Crippen LogP contribution in [-0.4, -0.2) is 57.7 Å². The maximum absolute atomic E-state index is 8.89. The molecule has 2 rings (SSSR count). The minimum atomic E-state index is 0.0214. The average molecular weight is 332 g/mol. The van der Waals surface area contributed by atoms with E-state index in [2.05, 4.69) is 26.0 Å². The van der Waals surface area contributed by atoms with Crippen molar-refractivity contribution in [2.24, 2.45) is 0 Å². The van der Waals surface area contributed by atoms with Crippen LogP contribution in [0.2, 0.25) is 0 Å². The zero-order valence-corrected chi connectivity index (χ0v) is 14.2. The van der Waals surface area contributed by atoms with Gasteiger partial charge >= 0.3 is 0 Å². The van der Waals surface area contributed by atoms with Crippen molar-refractivity contribution in [1.82, 2.24) is 0 Å². The topological polar surface area (TPSA) is 68.2 Å². The quantitative estimate of drug-likeness (QED) is 0.452. The molecule has 24 heavy (non-hydrogen) atoms. The number of ether oxygens (including phenoxy) is 3. The molecule has 0 aromatic heterocycles. The van der Waals surface area contributed by atoms with Crippen molar-refractivity contribution < 1.29 is 24.4 Å². The molecule has 0 radical (unpaired) electrons. The Kier molecular flexibility index (Phi) is 8.22. The monoisotopic (exact) mass is 332 g/mol. The highest BCUT2D eigenvalue weighted by Crippen LogP contribution is 2.23. The fourth-order valence-corrected chi connectivity index (χ4v) is 2.66. The highest BCUT2D eigenvalue weighted by molar-refractivity contribution is 6.39. The number of hydrogen-bond acceptors (Lipinski definition) is 5. The Hall–Kier alpha value is -1.44. The molecule has 0 aliphatic rings. The van der Waals surface area contributed by atoms with Gasteiger partial charge in [-0.15, -0.1) is 0 Å². The number of aliphatic hydroxyl groups excluding tert-OH is 2. The Morgan fingerprint density at radius 3 is 2.12 bits per heavy atom. The maximum Gasteiger partial charge on any atom is 0.140 e. The highest BCUT2D eigenvalue weighted by Gasteiger charge is 2.09. The first-order chi connectivity index (χ1) is 11.8. The van der Waals surface area contributed by atoms with Crippen LogP contribution >= 0.6 is 0 Å². The van der Waals surface area contributed by atoms with Crippen LogP contribution < -0.4 is 5.46 Å². The number of benzene rings is 2. The third-order valence-electron chi connectivity index (χ3n) is 3.79. The number of aliphatic hydroxyl groups is 2. The van der Waals surface area contributed by atoms with Gasteiger partial charge in [-0.1, -0.05) is 35.8 Å². The van der Waals surface area contributed by atoms with E-state index in [9.17, 15) is 0 Å². The second kappa shape index (κ2) is 10.4. The second-order valence-electron chi connectivity index (χ2n) is 5.55. The fraction of sp³-hybridized carbons (Fsp3) is 0.444. The molecule has 2 N–H and O–H groups in total. The SMILES string of the molecule is Bc1ccc(COCCOCCO)c2c(COCCO)cccc12. The normalized spacial score (nSPS) is 11.2. The highest BCUT2D eigenvalue weighted by atomic mass is 16.5. The van der Waals surface area contributed by atoms with Crippen LogP contribution in [0, 0.1) is 0 Å². The standard InChI is InChI=1S/C18H25BO5/c19-17-5-4-15(13-24-11-10-22-8-6-20)18-14(12-23-9-7-21)2-1-3-16(17)18/h1-5,20-21H,6-13,19H2. The number of fused-ring (bicyclic) bond motifs is 1. The van der Waals surface area contributed by atoms with Gasteiger partial charge < -0.3 is 24.4 Å². The molecule has 0 heterocycles. The van der Waals surface area contributed by atoms with Gasteiger partial charge in [-0.3, -0.25) is 0 Å². The van der Waals surface area contributed by atoms with Crippen molar-refractivity contribution in [3.8, 4) is 0 Å². The van der Waals surface area contributed by atoms with Crippen LogP contribution in [0.15, 0.2) is 30.3 Å². The molecule has 2 aromatic carbocycles. The predicted molar refractivity (Wildman–Crippen MR) is 96.4 cm³/mol. The van der Waals surface area contributed by atoms with Crippen molar-refractivity contribution in [1.29, 1.82) is 0 Å². The molecule has 0 aliphatic heterocycles. The molecule has 0 unspecified atom stereocenters. The van der Waals surface area contributed by atoms with E-state index in [-0.39, 0.29) is 13.2 Å². The van der Waals surface area contributed by atoms with Gasteiger partial charge in [-0.05, 0) is 21.9 Å². The summed E-state index contributed by atoms with van der Waals surface area (Å²) in [6, 6.07) is 10.4. The van der Waals surface area contributed by atoms with E-state index in [1.165, 1.54) is 10.8 Å². The molecule has 2 aromatic rings. The van der Waals surface area contributed by atoms with Gasteiger partial charge in [-0.25, -0.2) is 0 Å². The van der Waals surface area contributed by atoms with Gasteiger partial charge in [0.1, 0.15) is 7.85 Å². The Labute approximate surface area is 143 Å². The first kappa shape index (κ1) is 18.9. The van der Waals surface area contributed by atoms with E-state index in [1.807, 2.05) is 12.1 Å². The van der Waals surface area contributed by atoms with E-state index in [1.54, 1.807) is 0 Å². The summed E-state index contributed by atoms with van der Waals surface area (Å²) in [7, 11) is 2.09. The van der Waals surface area contributed by atoms with Crippen LogP contribution in [0.4, 0.5) is 0 Å². The smallest absolute Gasteiger partial charge is 0.140 e. The lowest BCUT2D eigenvalue weighted by Gasteiger charge is -2.14. The summed E-state index contributed by atoms with van der Waals surface area (Å²) < 4.78 is 16.4. The minimum Gasteiger partial charge on any atom is -0.394 e. The molecule has 0 aliphatic carbocycles. The van der Waals surface area contributed by atoms with Crippen molar-refractivity contribution in [3.63, 3.8) is 0 Å². The second-order valence-corrected chi connectivity index (χ2v) is 5.55. The molecule has 0 atom stereocenters. The summed E-state index contributed by atoms with van der Waals surface area (Å²) in [6.07, 6.45) is 0. The lowest BCUT2D eigenvalue weighted by molar-refractivity contribution is 0.0277. The Bertz CT molecular complexity index is 632. The molecule has 130 valence electrons. The van der Waals surface area contributed by atoms with E-state index in [0.29, 0.717) is 39.6 Å². The first-order valence-electron chi connectivity index (χ1n) is 8.23. The largest absolute Gasteiger partial charge is 0.394 e. The van der Waals surface area contributed by atoms with Crippen molar-refractivity contribution in [2.75, 3.05) is 39.6 Å². The summed E-state index contributed by atoms with van der Waals surface area (Å²) >= 11 is 0. The number of hydrogen-bond donors (Lipinski definition) is 2. The Balaban J connectivity index is 2.11. The molecular weight excluding hydrogens is 307 g/mol. The van der Waals surface area contributed by atoms with Gasteiger partial charge in [0.05, 0.1) is 52.9 Å². The summed E-state index contributed by atoms with van der Waals surface area (Å²) in [5.41, 5.74) is 3.42. The lowest BCUT2D eigenvalue weighted by Crippen LogP contribution is -2.10. The van der Waals surface area contributed by atoms with E-state index in [0.717, 1.165) is 16.5 Å². The molecule has 5 nitrogen and oxygen atoms in total. The van der Waals surface area contributed by atoms with E-state index in [4.69, 9.17) is 24.4 Å². The van der Waals surface area contributed by atoms with Crippen LogP contribution in [0.3, 0.4) is 0 Å². The van der Waals surface area contributed by atoms with Crippen molar-refractivity contribution in [3.05, 3.63) is 41.5 Å². The lowest BCUT2D eigenvalue weighted by atomic mass is 9.86. The first-order valence-corrected chi connectivity index (χ1v) is 8.23. The molecular formula is C18H25BO5. The maximum atomic E-state index is 8.89. The summed E-state index contributed by atoms with van der Waals surface area (Å²) in [5.74, 6) is 0. The van der Waals surface area contributed by atoms with E-state index >= 15 is 0 Å². The van der Waals surface area contributed by atoms with Crippen molar-refractivity contribution >= 4 is 24.1 Å². The molecule has 0 spiro atoms. The third kappa shape index (κ3) is 5.29. The Morgan fingerprint density at radius 1 is 0.750 bits per heavy atom. The number of rotatable bonds is 11. The minimum absolute atomic E-state index is 0.0214. The third-order valence-corrected chi connectivity index (χ3v) is 3.79. The average Bonchev–Trinajstić information content (AvgIpc) is 2.60. The Morgan fingerprint density at radius 2 is 1.38 bits per heavy atom.